The molecule has 0 amide bonds. The van der Waals surface area contributed by atoms with E-state index in [1.165, 1.54) is 6.92 Å². The molecule has 0 aliphatic heterocycles. The maximum Gasteiger partial charge on any atom is 0.302 e. The van der Waals surface area contributed by atoms with Gasteiger partial charge in [0.2, 0.25) is 8.32 Å². The molecule has 0 aliphatic carbocycles. The molecule has 19 heavy (non-hydrogen) atoms. The van der Waals surface area contributed by atoms with Crippen LogP contribution >= 0.6 is 0 Å². The number of ether oxygens (including phenoxy) is 1. The maximum absolute atomic E-state index is 10.6. The fourth-order valence-corrected chi connectivity index (χ4v) is 2.90. The summed E-state index contributed by atoms with van der Waals surface area (Å²) in [5, 5.41) is 1.15. The summed E-state index contributed by atoms with van der Waals surface area (Å²) < 4.78 is 10.8. The van der Waals surface area contributed by atoms with Crippen LogP contribution in [0.1, 0.15) is 26.7 Å². The van der Waals surface area contributed by atoms with Crippen molar-refractivity contribution in [3.05, 3.63) is 36.1 Å². The van der Waals surface area contributed by atoms with Gasteiger partial charge in [-0.1, -0.05) is 29.5 Å². The van der Waals surface area contributed by atoms with Crippen LogP contribution < -0.4 is 0 Å². The van der Waals surface area contributed by atoms with Crippen LogP contribution in [0.15, 0.2) is 36.1 Å². The third kappa shape index (κ3) is 9.45. The van der Waals surface area contributed by atoms with E-state index in [9.17, 15) is 4.79 Å². The molecule has 0 radical (unpaired) electrons. The summed E-state index contributed by atoms with van der Waals surface area (Å²) in [7, 11) is -1.85. The van der Waals surface area contributed by atoms with Crippen LogP contribution in [-0.2, 0) is 14.0 Å². The van der Waals surface area contributed by atoms with Crippen LogP contribution in [-0.4, -0.2) is 27.5 Å². The van der Waals surface area contributed by atoms with E-state index in [-0.39, 0.29) is 5.97 Å². The number of hydrogen-bond acceptors (Lipinski definition) is 3. The van der Waals surface area contributed by atoms with Crippen molar-refractivity contribution in [1.82, 2.24) is 0 Å². The Kier molecular flexibility index (Phi) is 9.17. The Morgan fingerprint density at radius 2 is 2.00 bits per heavy atom. The van der Waals surface area contributed by atoms with Gasteiger partial charge in [0.1, 0.15) is 0 Å². The monoisotopic (exact) mass is 282 g/mol. The molecule has 0 unspecified atom stereocenters. The second kappa shape index (κ2) is 9.75. The van der Waals surface area contributed by atoms with Crippen LogP contribution in [0, 0.1) is 0 Å². The highest BCUT2D eigenvalue weighted by molar-refractivity contribution is 6.78. The van der Waals surface area contributed by atoms with Crippen LogP contribution in [0.25, 0.3) is 0 Å². The lowest BCUT2D eigenvalue weighted by Crippen LogP contribution is -2.33. The van der Waals surface area contributed by atoms with Gasteiger partial charge in [0.05, 0.1) is 13.2 Å². The van der Waals surface area contributed by atoms with Crippen LogP contribution in [0.3, 0.4) is 0 Å². The largest absolute Gasteiger partial charge is 0.466 e. The Labute approximate surface area is 118 Å². The summed E-state index contributed by atoms with van der Waals surface area (Å²) in [6, 6.07) is 0. The van der Waals surface area contributed by atoms with Crippen LogP contribution in [0.4, 0.5) is 0 Å². The van der Waals surface area contributed by atoms with E-state index in [1.807, 2.05) is 31.2 Å². The Hall–Kier alpha value is -1.13. The predicted molar refractivity (Wildman–Crippen MR) is 82.4 cm³/mol. The summed E-state index contributed by atoms with van der Waals surface area (Å²) in [5.74, 6) is -0.229. The molecule has 0 bridgehead atoms. The van der Waals surface area contributed by atoms with Crippen molar-refractivity contribution < 1.29 is 14.0 Å². The van der Waals surface area contributed by atoms with Gasteiger partial charge in [-0.05, 0) is 32.9 Å². The molecule has 0 spiro atoms. The number of esters is 1. The minimum atomic E-state index is -1.85. The molecule has 0 fully saturated rings. The Morgan fingerprint density at radius 3 is 2.58 bits per heavy atom. The molecular weight excluding hydrogens is 256 g/mol. The quantitative estimate of drug-likeness (QED) is 0.279. The van der Waals surface area contributed by atoms with E-state index in [0.29, 0.717) is 13.2 Å². The molecule has 0 rings (SSSR count). The molecule has 0 saturated heterocycles. The standard InChI is InChI=1S/C15H26O3Si/c1-6-7-8-9-13-18-19(4,5)14(2)11-10-12-17-15(3)16/h6-9H,2,10-13H2,1,3-5H3/b7-6+,9-8+. The zero-order chi connectivity index (χ0) is 14.7. The molecule has 0 N–H and O–H groups in total. The van der Waals surface area contributed by atoms with Crippen LogP contribution in [0.5, 0.6) is 0 Å². The highest BCUT2D eigenvalue weighted by Crippen LogP contribution is 2.19. The number of rotatable bonds is 9. The molecule has 4 heteroatoms. The lowest BCUT2D eigenvalue weighted by Gasteiger charge is -2.24. The molecule has 0 atom stereocenters. The normalized spacial score (nSPS) is 12.2. The molecule has 108 valence electrons. The van der Waals surface area contributed by atoms with Gasteiger partial charge in [-0.3, -0.25) is 4.79 Å². The number of allylic oxidation sites excluding steroid dienone is 4. The third-order valence-electron chi connectivity index (χ3n) is 2.76. The highest BCUT2D eigenvalue weighted by Gasteiger charge is 2.25. The molecule has 0 aliphatic rings. The predicted octanol–water partition coefficient (Wildman–Crippen LogP) is 3.78. The first-order chi connectivity index (χ1) is 8.90. The van der Waals surface area contributed by atoms with Crippen molar-refractivity contribution in [2.24, 2.45) is 0 Å². The van der Waals surface area contributed by atoms with E-state index in [4.69, 9.17) is 9.16 Å². The van der Waals surface area contributed by atoms with Crippen molar-refractivity contribution in [3.63, 3.8) is 0 Å². The van der Waals surface area contributed by atoms with Crippen molar-refractivity contribution in [2.45, 2.75) is 39.8 Å². The van der Waals surface area contributed by atoms with E-state index in [1.54, 1.807) is 0 Å². The molecule has 3 nitrogen and oxygen atoms in total. The third-order valence-corrected chi connectivity index (χ3v) is 5.60. The second-order valence-electron chi connectivity index (χ2n) is 4.82. The first-order valence-corrected chi connectivity index (χ1v) is 9.54. The van der Waals surface area contributed by atoms with Gasteiger partial charge in [-0.15, -0.1) is 6.58 Å². The zero-order valence-corrected chi connectivity index (χ0v) is 13.6. The average molecular weight is 282 g/mol. The average Bonchev–Trinajstić information content (AvgIpc) is 2.33. The number of hydrogen-bond donors (Lipinski definition) is 0. The van der Waals surface area contributed by atoms with Gasteiger partial charge in [0.25, 0.3) is 0 Å². The van der Waals surface area contributed by atoms with Gasteiger partial charge < -0.3 is 9.16 Å². The number of carbonyl (C=O) groups excluding carboxylic acids is 1. The molecular formula is C15H26O3Si. The van der Waals surface area contributed by atoms with E-state index in [2.05, 4.69) is 19.7 Å². The summed E-state index contributed by atoms with van der Waals surface area (Å²) >= 11 is 0. The second-order valence-corrected chi connectivity index (χ2v) is 8.84. The smallest absolute Gasteiger partial charge is 0.302 e. The van der Waals surface area contributed by atoms with Crippen molar-refractivity contribution in [2.75, 3.05) is 13.2 Å². The summed E-state index contributed by atoms with van der Waals surface area (Å²) in [6.07, 6.45) is 9.60. The van der Waals surface area contributed by atoms with Gasteiger partial charge in [0, 0.05) is 6.92 Å². The Morgan fingerprint density at radius 1 is 1.32 bits per heavy atom. The zero-order valence-electron chi connectivity index (χ0n) is 12.6. The molecule has 0 aromatic carbocycles. The molecule has 0 aromatic heterocycles. The van der Waals surface area contributed by atoms with Gasteiger partial charge in [-0.25, -0.2) is 0 Å². The minimum Gasteiger partial charge on any atom is -0.466 e. The SMILES string of the molecule is C=C(CCCOC(C)=O)[Si](C)(C)OC/C=C/C=C/C. The Bertz CT molecular complexity index is 343. The highest BCUT2D eigenvalue weighted by atomic mass is 28.4. The molecule has 0 saturated carbocycles. The van der Waals surface area contributed by atoms with Gasteiger partial charge in [0.15, 0.2) is 0 Å². The summed E-state index contributed by atoms with van der Waals surface area (Å²) in [5.41, 5.74) is 0. The Balaban J connectivity index is 3.96. The van der Waals surface area contributed by atoms with E-state index >= 15 is 0 Å². The van der Waals surface area contributed by atoms with Gasteiger partial charge >= 0.3 is 5.97 Å². The molecule has 0 aromatic rings. The fourth-order valence-electron chi connectivity index (χ4n) is 1.41. The first kappa shape index (κ1) is 17.9. The first-order valence-electron chi connectivity index (χ1n) is 6.63. The van der Waals surface area contributed by atoms with Crippen molar-refractivity contribution in [1.29, 1.82) is 0 Å². The fraction of sp³-hybridized carbons (Fsp3) is 0.533. The van der Waals surface area contributed by atoms with Crippen LogP contribution in [0.2, 0.25) is 13.1 Å². The lowest BCUT2D eigenvalue weighted by molar-refractivity contribution is -0.141. The van der Waals surface area contributed by atoms with Gasteiger partial charge in [-0.2, -0.15) is 0 Å². The summed E-state index contributed by atoms with van der Waals surface area (Å²) in [6.45, 7) is 12.9. The van der Waals surface area contributed by atoms with E-state index < -0.39 is 8.32 Å². The lowest BCUT2D eigenvalue weighted by atomic mass is 10.3. The molecule has 0 heterocycles. The number of carbonyl (C=O) groups is 1. The van der Waals surface area contributed by atoms with Crippen molar-refractivity contribution in [3.8, 4) is 0 Å². The van der Waals surface area contributed by atoms with E-state index in [0.717, 1.165) is 18.0 Å². The van der Waals surface area contributed by atoms with Crippen molar-refractivity contribution >= 4 is 14.3 Å². The maximum atomic E-state index is 10.6. The minimum absolute atomic E-state index is 0.229. The summed E-state index contributed by atoms with van der Waals surface area (Å²) in [4.78, 5) is 10.6. The topological polar surface area (TPSA) is 35.5 Å².